The number of halogens is 2. The molecule has 0 bridgehead atoms. The lowest BCUT2D eigenvalue weighted by Crippen LogP contribution is -2.37. The lowest BCUT2D eigenvalue weighted by atomic mass is 9.76. The highest BCUT2D eigenvalue weighted by Crippen LogP contribution is 2.41. The minimum atomic E-state index is -2.73. The molecule has 0 saturated heterocycles. The lowest BCUT2D eigenvalue weighted by molar-refractivity contribution is -0.0776. The second kappa shape index (κ2) is 9.80. The van der Waals surface area contributed by atoms with Gasteiger partial charge in [-0.25, -0.2) is 13.5 Å². The Morgan fingerprint density at radius 1 is 1.27 bits per heavy atom. The van der Waals surface area contributed by atoms with Gasteiger partial charge < -0.3 is 13.9 Å². The highest BCUT2D eigenvalue weighted by molar-refractivity contribution is 7.77. The molecule has 164 valence electrons. The van der Waals surface area contributed by atoms with Gasteiger partial charge in [-0.3, -0.25) is 9.00 Å². The quantitative estimate of drug-likeness (QED) is 0.640. The Balaban J connectivity index is 1.63. The number of nitrogens with one attached hydrogen (secondary N) is 1. The Bertz CT molecular complexity index is 933. The number of alkyl halides is 2. The van der Waals surface area contributed by atoms with E-state index in [1.54, 1.807) is 49.6 Å². The molecule has 2 aromatic rings. The van der Waals surface area contributed by atoms with E-state index in [1.807, 2.05) is 0 Å². The maximum Gasteiger partial charge on any atom is 0.258 e. The molecule has 1 unspecified atom stereocenters. The maximum absolute atomic E-state index is 13.9. The molecule has 0 aliphatic heterocycles. The number of benzene rings is 1. The van der Waals surface area contributed by atoms with Crippen molar-refractivity contribution in [1.82, 2.24) is 9.29 Å². The van der Waals surface area contributed by atoms with Gasteiger partial charge in [-0.15, -0.1) is 0 Å². The van der Waals surface area contributed by atoms with Crippen molar-refractivity contribution in [3.63, 3.8) is 0 Å². The van der Waals surface area contributed by atoms with Crippen LogP contribution in [-0.2, 0) is 18.3 Å². The summed E-state index contributed by atoms with van der Waals surface area (Å²) in [6.07, 6.45) is 2.06. The number of ether oxygens (including phenoxy) is 1. The molecule has 1 aliphatic carbocycles. The van der Waals surface area contributed by atoms with Gasteiger partial charge in [0, 0.05) is 55.4 Å². The minimum absolute atomic E-state index is 0.0349. The zero-order valence-corrected chi connectivity index (χ0v) is 17.5. The topological polar surface area (TPSA) is 83.4 Å². The second-order valence-corrected chi connectivity index (χ2v) is 8.47. The monoisotopic (exact) mass is 439 g/mol. The van der Waals surface area contributed by atoms with Gasteiger partial charge in [-0.1, -0.05) is 12.1 Å². The van der Waals surface area contributed by atoms with E-state index >= 15 is 0 Å². The Labute approximate surface area is 176 Å². The summed E-state index contributed by atoms with van der Waals surface area (Å²) in [5.74, 6) is -2.58. The van der Waals surface area contributed by atoms with Crippen LogP contribution in [0.5, 0.6) is 5.75 Å². The first kappa shape index (κ1) is 22.6. The van der Waals surface area contributed by atoms with Gasteiger partial charge in [0.05, 0.1) is 6.61 Å². The summed E-state index contributed by atoms with van der Waals surface area (Å²) in [6, 6.07) is 10.5. The molecule has 0 spiro atoms. The number of nitrogens with zero attached hydrogens (tertiary/aromatic N) is 1. The fourth-order valence-corrected chi connectivity index (χ4v) is 4.22. The molecule has 1 aromatic heterocycles. The molecule has 6 nitrogen and oxygen atoms in total. The van der Waals surface area contributed by atoms with Crippen LogP contribution in [0.4, 0.5) is 8.78 Å². The Hall–Kier alpha value is -2.10. The fraction of sp³-hybridized carbons (Fsp3) is 0.476. The van der Waals surface area contributed by atoms with Crippen LogP contribution in [-0.4, -0.2) is 32.4 Å². The summed E-state index contributed by atoms with van der Waals surface area (Å²) in [6.45, 7) is 0.358. The third kappa shape index (κ3) is 5.96. The SMILES string of the molecule is Cn1cccc(-c2ccc(OC[C@@H]3CC(F)(F)CC[C@H]3CCNS(=O)[O-])cc2)c1=O. The number of pyridine rings is 1. The van der Waals surface area contributed by atoms with Gasteiger partial charge in [0.15, 0.2) is 0 Å². The smallest absolute Gasteiger partial charge is 0.258 e. The van der Waals surface area contributed by atoms with Crippen LogP contribution in [0, 0.1) is 11.8 Å². The Morgan fingerprint density at radius 3 is 2.70 bits per heavy atom. The first-order chi connectivity index (χ1) is 14.2. The van der Waals surface area contributed by atoms with Crippen molar-refractivity contribution in [2.45, 2.75) is 31.6 Å². The van der Waals surface area contributed by atoms with Crippen LogP contribution < -0.4 is 15.0 Å². The molecule has 0 radical (unpaired) electrons. The van der Waals surface area contributed by atoms with Crippen molar-refractivity contribution in [2.75, 3.05) is 13.2 Å². The summed E-state index contributed by atoms with van der Waals surface area (Å²) < 4.78 is 58.7. The van der Waals surface area contributed by atoms with Crippen LogP contribution in [0.15, 0.2) is 47.4 Å². The molecule has 1 saturated carbocycles. The van der Waals surface area contributed by atoms with Crippen molar-refractivity contribution >= 4 is 11.3 Å². The van der Waals surface area contributed by atoms with E-state index in [0.29, 0.717) is 24.2 Å². The average Bonchev–Trinajstić information content (AvgIpc) is 2.70. The van der Waals surface area contributed by atoms with Crippen LogP contribution in [0.3, 0.4) is 0 Å². The van der Waals surface area contributed by atoms with E-state index in [-0.39, 0.29) is 43.4 Å². The number of aryl methyl sites for hydroxylation is 1. The number of hydrogen-bond acceptors (Lipinski definition) is 4. The minimum Gasteiger partial charge on any atom is -0.760 e. The standard InChI is InChI=1S/C21H26F2N2O4S/c1-25-12-2-3-19(20(25)26)16-4-6-18(7-5-16)29-14-17-13-21(22,23)10-8-15(17)9-11-24-30(27)28/h2-7,12,15,17,24H,8-11,13-14H2,1H3,(H,27,28)/p-1/t15-,17-/m0/s1. The summed E-state index contributed by atoms with van der Waals surface area (Å²) in [5.41, 5.74) is 1.22. The van der Waals surface area contributed by atoms with Gasteiger partial charge in [0.1, 0.15) is 5.75 Å². The van der Waals surface area contributed by atoms with E-state index in [0.717, 1.165) is 5.56 Å². The molecule has 1 aromatic carbocycles. The van der Waals surface area contributed by atoms with Crippen molar-refractivity contribution in [3.8, 4) is 16.9 Å². The first-order valence-corrected chi connectivity index (χ1v) is 10.9. The molecule has 3 atom stereocenters. The molecule has 1 N–H and O–H groups in total. The van der Waals surface area contributed by atoms with Gasteiger partial charge >= 0.3 is 0 Å². The lowest BCUT2D eigenvalue weighted by Gasteiger charge is -2.36. The van der Waals surface area contributed by atoms with Gasteiger partial charge in [-0.2, -0.15) is 0 Å². The normalized spacial score (nSPS) is 21.9. The van der Waals surface area contributed by atoms with E-state index in [2.05, 4.69) is 4.72 Å². The molecule has 1 aliphatic rings. The van der Waals surface area contributed by atoms with Crippen LogP contribution in [0.2, 0.25) is 0 Å². The largest absolute Gasteiger partial charge is 0.760 e. The van der Waals surface area contributed by atoms with Gasteiger partial charge in [-0.05, 0) is 48.6 Å². The fourth-order valence-electron chi connectivity index (χ4n) is 3.94. The van der Waals surface area contributed by atoms with E-state index in [9.17, 15) is 22.3 Å². The highest BCUT2D eigenvalue weighted by Gasteiger charge is 2.41. The number of rotatable bonds is 8. The van der Waals surface area contributed by atoms with Gasteiger partial charge in [0.25, 0.3) is 5.56 Å². The molecular weight excluding hydrogens is 414 g/mol. The van der Waals surface area contributed by atoms with Gasteiger partial charge in [0.2, 0.25) is 5.92 Å². The van der Waals surface area contributed by atoms with Crippen molar-refractivity contribution < 1.29 is 22.3 Å². The number of hydrogen-bond donors (Lipinski definition) is 1. The second-order valence-electron chi connectivity index (χ2n) is 7.71. The molecule has 1 heterocycles. The average molecular weight is 440 g/mol. The molecule has 1 fully saturated rings. The summed E-state index contributed by atoms with van der Waals surface area (Å²) in [7, 11) is 1.68. The Morgan fingerprint density at radius 2 is 2.00 bits per heavy atom. The Kier molecular flexibility index (Phi) is 7.38. The third-order valence-corrected chi connectivity index (χ3v) is 6.04. The van der Waals surface area contributed by atoms with Crippen LogP contribution in [0.1, 0.15) is 25.7 Å². The summed E-state index contributed by atoms with van der Waals surface area (Å²) in [5, 5.41) is 0. The highest BCUT2D eigenvalue weighted by atomic mass is 32.2. The van der Waals surface area contributed by atoms with Crippen LogP contribution in [0.25, 0.3) is 11.1 Å². The van der Waals surface area contributed by atoms with Crippen molar-refractivity contribution in [1.29, 1.82) is 0 Å². The van der Waals surface area contributed by atoms with Crippen molar-refractivity contribution in [2.24, 2.45) is 18.9 Å². The maximum atomic E-state index is 13.9. The molecule has 30 heavy (non-hydrogen) atoms. The third-order valence-electron chi connectivity index (χ3n) is 5.60. The molecular formula is C21H25F2N2O4S-. The van der Waals surface area contributed by atoms with E-state index in [1.165, 1.54) is 4.57 Å². The summed E-state index contributed by atoms with van der Waals surface area (Å²) >= 11 is -2.35. The zero-order valence-electron chi connectivity index (χ0n) is 16.7. The predicted octanol–water partition coefficient (Wildman–Crippen LogP) is 3.26. The first-order valence-electron chi connectivity index (χ1n) is 9.85. The number of aromatic nitrogens is 1. The summed E-state index contributed by atoms with van der Waals surface area (Å²) in [4.78, 5) is 12.2. The van der Waals surface area contributed by atoms with E-state index in [4.69, 9.17) is 4.74 Å². The van der Waals surface area contributed by atoms with E-state index < -0.39 is 17.2 Å². The van der Waals surface area contributed by atoms with Crippen LogP contribution >= 0.6 is 0 Å². The predicted molar refractivity (Wildman–Crippen MR) is 110 cm³/mol. The zero-order chi connectivity index (χ0) is 21.7. The molecule has 9 heteroatoms. The molecule has 3 rings (SSSR count). The molecule has 0 amide bonds. The van der Waals surface area contributed by atoms with Crippen molar-refractivity contribution in [3.05, 3.63) is 52.9 Å².